The summed E-state index contributed by atoms with van der Waals surface area (Å²) in [6.07, 6.45) is 0. The molecule has 0 aliphatic rings. The van der Waals surface area contributed by atoms with Crippen LogP contribution in [0.25, 0.3) is 0 Å². The van der Waals surface area contributed by atoms with Crippen molar-refractivity contribution in [1.82, 2.24) is 0 Å². The van der Waals surface area contributed by atoms with Gasteiger partial charge in [-0.25, -0.2) is 0 Å². The van der Waals surface area contributed by atoms with Crippen LogP contribution < -0.4 is 4.89 Å². The molecule has 0 aromatic heterocycles. The van der Waals surface area contributed by atoms with Gasteiger partial charge in [0.1, 0.15) is 5.60 Å². The third kappa shape index (κ3) is 4.14. The van der Waals surface area contributed by atoms with E-state index in [1.54, 1.807) is 0 Å². The van der Waals surface area contributed by atoms with Crippen molar-refractivity contribution in [2.45, 2.75) is 59.0 Å². The molecule has 2 nitrogen and oxygen atoms in total. The molecule has 0 heterocycles. The van der Waals surface area contributed by atoms with E-state index in [2.05, 4.69) is 45.9 Å². The summed E-state index contributed by atoms with van der Waals surface area (Å²) in [4.78, 5) is 11.6. The van der Waals surface area contributed by atoms with Gasteiger partial charge in [0.2, 0.25) is 0 Å². The van der Waals surface area contributed by atoms with Crippen molar-refractivity contribution >= 4 is 0 Å². The minimum absolute atomic E-state index is 0.382. The van der Waals surface area contributed by atoms with Gasteiger partial charge in [0.15, 0.2) is 5.75 Å². The van der Waals surface area contributed by atoms with E-state index in [0.717, 1.165) is 11.3 Å². The lowest BCUT2D eigenvalue weighted by Crippen LogP contribution is -2.24. The predicted octanol–water partition coefficient (Wildman–Crippen LogP) is 6.18. The van der Waals surface area contributed by atoms with Crippen molar-refractivity contribution in [2.24, 2.45) is 0 Å². The van der Waals surface area contributed by atoms with Crippen LogP contribution in [0.2, 0.25) is 0 Å². The Bertz CT molecular complexity index is 628. The maximum atomic E-state index is 5.83. The zero-order chi connectivity index (χ0) is 17.0. The SMILES string of the molecule is CC(C)c1cccc(OOC(C)(C)c2ccccc2)c1C(C)C. The Hall–Kier alpha value is -1.80. The summed E-state index contributed by atoms with van der Waals surface area (Å²) < 4.78 is 0. The van der Waals surface area contributed by atoms with Gasteiger partial charge in [-0.2, -0.15) is 4.89 Å². The van der Waals surface area contributed by atoms with Crippen LogP contribution in [-0.4, -0.2) is 0 Å². The fourth-order valence-corrected chi connectivity index (χ4v) is 2.79. The third-order valence-electron chi connectivity index (χ3n) is 4.11. The van der Waals surface area contributed by atoms with E-state index in [9.17, 15) is 0 Å². The number of benzene rings is 2. The molecule has 2 heteroatoms. The highest BCUT2D eigenvalue weighted by Crippen LogP contribution is 2.35. The molecule has 2 aromatic carbocycles. The van der Waals surface area contributed by atoms with Crippen LogP contribution in [0.4, 0.5) is 0 Å². The molecule has 0 amide bonds. The van der Waals surface area contributed by atoms with Gasteiger partial charge in [-0.15, -0.1) is 0 Å². The normalized spacial score (nSPS) is 12.0. The zero-order valence-electron chi connectivity index (χ0n) is 15.1. The number of rotatable bonds is 6. The highest BCUT2D eigenvalue weighted by Gasteiger charge is 2.25. The minimum Gasteiger partial charge on any atom is -0.336 e. The van der Waals surface area contributed by atoms with Crippen LogP contribution in [0.5, 0.6) is 5.75 Å². The van der Waals surface area contributed by atoms with Crippen LogP contribution >= 0.6 is 0 Å². The number of hydrogen-bond acceptors (Lipinski definition) is 2. The van der Waals surface area contributed by atoms with E-state index in [4.69, 9.17) is 9.78 Å². The molecule has 124 valence electrons. The molecule has 0 radical (unpaired) electrons. The van der Waals surface area contributed by atoms with E-state index < -0.39 is 5.60 Å². The summed E-state index contributed by atoms with van der Waals surface area (Å²) in [7, 11) is 0. The minimum atomic E-state index is -0.511. The van der Waals surface area contributed by atoms with Gasteiger partial charge in [-0.3, -0.25) is 0 Å². The highest BCUT2D eigenvalue weighted by atomic mass is 17.2. The second-order valence-corrected chi connectivity index (χ2v) is 7.11. The van der Waals surface area contributed by atoms with Crippen molar-refractivity contribution in [3.63, 3.8) is 0 Å². The standard InChI is InChI=1S/C21H28O2/c1-15(2)18-13-10-14-19(20(18)16(3)4)22-23-21(5,6)17-11-8-7-9-12-17/h7-16H,1-6H3. The Morgan fingerprint density at radius 2 is 1.43 bits per heavy atom. The van der Waals surface area contributed by atoms with Crippen molar-refractivity contribution < 1.29 is 9.78 Å². The van der Waals surface area contributed by atoms with Crippen molar-refractivity contribution in [3.05, 3.63) is 65.2 Å². The molecule has 0 saturated carbocycles. The first-order chi connectivity index (χ1) is 10.8. The summed E-state index contributed by atoms with van der Waals surface area (Å²) in [6.45, 7) is 12.8. The van der Waals surface area contributed by atoms with E-state index in [-0.39, 0.29) is 0 Å². The Morgan fingerprint density at radius 3 is 2.00 bits per heavy atom. The summed E-state index contributed by atoms with van der Waals surface area (Å²) >= 11 is 0. The molecule has 0 aliphatic carbocycles. The van der Waals surface area contributed by atoms with Crippen LogP contribution in [0.3, 0.4) is 0 Å². The quantitative estimate of drug-likeness (QED) is 0.468. The Labute approximate surface area is 140 Å². The molecule has 2 rings (SSSR count). The van der Waals surface area contributed by atoms with Crippen LogP contribution in [0, 0.1) is 0 Å². The second kappa shape index (κ2) is 7.18. The van der Waals surface area contributed by atoms with Crippen LogP contribution in [0.15, 0.2) is 48.5 Å². The lowest BCUT2D eigenvalue weighted by Gasteiger charge is -2.26. The van der Waals surface area contributed by atoms with E-state index in [1.807, 2.05) is 44.2 Å². The summed E-state index contributed by atoms with van der Waals surface area (Å²) in [5, 5.41) is 0. The van der Waals surface area contributed by atoms with Crippen LogP contribution in [0.1, 0.15) is 70.1 Å². The molecule has 0 aliphatic heterocycles. The van der Waals surface area contributed by atoms with Gasteiger partial charge in [-0.1, -0.05) is 70.2 Å². The molecule has 23 heavy (non-hydrogen) atoms. The van der Waals surface area contributed by atoms with E-state index in [0.29, 0.717) is 11.8 Å². The smallest absolute Gasteiger partial charge is 0.169 e. The van der Waals surface area contributed by atoms with Gasteiger partial charge < -0.3 is 4.89 Å². The maximum Gasteiger partial charge on any atom is 0.169 e. The molecule has 0 saturated heterocycles. The fraction of sp³-hybridized carbons (Fsp3) is 0.429. The Kier molecular flexibility index (Phi) is 5.48. The van der Waals surface area contributed by atoms with Crippen molar-refractivity contribution in [1.29, 1.82) is 0 Å². The summed E-state index contributed by atoms with van der Waals surface area (Å²) in [5.74, 6) is 1.65. The summed E-state index contributed by atoms with van der Waals surface area (Å²) in [6, 6.07) is 16.3. The Balaban J connectivity index is 2.25. The van der Waals surface area contributed by atoms with Gasteiger partial charge in [0.05, 0.1) is 0 Å². The first kappa shape index (κ1) is 17.6. The molecular weight excluding hydrogens is 284 g/mol. The number of hydrogen-bond donors (Lipinski definition) is 0. The lowest BCUT2D eigenvalue weighted by atomic mass is 9.90. The monoisotopic (exact) mass is 312 g/mol. The van der Waals surface area contributed by atoms with Crippen molar-refractivity contribution in [3.8, 4) is 5.75 Å². The molecule has 0 atom stereocenters. The highest BCUT2D eigenvalue weighted by molar-refractivity contribution is 5.43. The lowest BCUT2D eigenvalue weighted by molar-refractivity contribution is -0.286. The molecular formula is C21H28O2. The van der Waals surface area contributed by atoms with Gasteiger partial charge in [0.25, 0.3) is 0 Å². The first-order valence-electron chi connectivity index (χ1n) is 8.37. The average molecular weight is 312 g/mol. The van der Waals surface area contributed by atoms with Crippen LogP contribution in [-0.2, 0) is 10.5 Å². The molecule has 0 unspecified atom stereocenters. The first-order valence-corrected chi connectivity index (χ1v) is 8.37. The van der Waals surface area contributed by atoms with E-state index >= 15 is 0 Å². The molecule has 2 aromatic rings. The maximum absolute atomic E-state index is 5.83. The average Bonchev–Trinajstić information content (AvgIpc) is 2.53. The topological polar surface area (TPSA) is 18.5 Å². The summed E-state index contributed by atoms with van der Waals surface area (Å²) in [5.41, 5.74) is 3.12. The molecule has 0 fully saturated rings. The molecule has 0 N–H and O–H groups in total. The molecule has 0 bridgehead atoms. The molecule has 0 spiro atoms. The van der Waals surface area contributed by atoms with E-state index in [1.165, 1.54) is 11.1 Å². The van der Waals surface area contributed by atoms with Crippen molar-refractivity contribution in [2.75, 3.05) is 0 Å². The van der Waals surface area contributed by atoms with Gasteiger partial charge in [-0.05, 0) is 42.9 Å². The largest absolute Gasteiger partial charge is 0.336 e. The van der Waals surface area contributed by atoms with Gasteiger partial charge in [0, 0.05) is 5.56 Å². The third-order valence-corrected chi connectivity index (χ3v) is 4.11. The predicted molar refractivity (Wildman–Crippen MR) is 95.8 cm³/mol. The van der Waals surface area contributed by atoms with Gasteiger partial charge >= 0.3 is 0 Å². The second-order valence-electron chi connectivity index (χ2n) is 7.11. The zero-order valence-corrected chi connectivity index (χ0v) is 15.1. The fourth-order valence-electron chi connectivity index (χ4n) is 2.79. The Morgan fingerprint density at radius 1 is 0.783 bits per heavy atom.